The van der Waals surface area contributed by atoms with Crippen LogP contribution in [0.2, 0.25) is 5.02 Å². The average Bonchev–Trinajstić information content (AvgIpc) is 3.30. The number of aromatic nitrogens is 4. The number of pyridine rings is 1. The standard InChI is InChI=1S/C25H28ClN7OS/c1-16(2)35(27,34)18-9-11-33(12-10-18)17-7-8-23(29-13-17)31-25-30-15-21(26)24(32-25)20-14-28-22-6-4-3-5-19(20)22/h3-8,13-16,18,27-28H,9-12H2,1-2H3,(H,29,30,31,32). The molecular weight excluding hydrogens is 482 g/mol. The van der Waals surface area contributed by atoms with Gasteiger partial charge in [-0.1, -0.05) is 43.6 Å². The van der Waals surface area contributed by atoms with E-state index in [4.69, 9.17) is 16.4 Å². The Kier molecular flexibility index (Phi) is 6.37. The summed E-state index contributed by atoms with van der Waals surface area (Å²) in [5.74, 6) is 1.04. The van der Waals surface area contributed by atoms with E-state index in [9.17, 15) is 4.21 Å². The quantitative estimate of drug-likeness (QED) is 0.301. The minimum atomic E-state index is -2.56. The van der Waals surface area contributed by atoms with Crippen molar-refractivity contribution < 1.29 is 4.21 Å². The number of nitrogens with one attached hydrogen (secondary N) is 3. The fourth-order valence-corrected chi connectivity index (χ4v) is 6.37. The maximum Gasteiger partial charge on any atom is 0.228 e. The molecule has 0 aliphatic carbocycles. The molecule has 35 heavy (non-hydrogen) atoms. The number of benzene rings is 1. The van der Waals surface area contributed by atoms with Crippen LogP contribution >= 0.6 is 11.6 Å². The summed E-state index contributed by atoms with van der Waals surface area (Å²) in [4.78, 5) is 19.0. The monoisotopic (exact) mass is 509 g/mol. The number of piperidine rings is 1. The fraction of sp³-hybridized carbons (Fsp3) is 0.320. The summed E-state index contributed by atoms with van der Waals surface area (Å²) >= 11 is 6.44. The van der Waals surface area contributed by atoms with Crippen LogP contribution in [0.25, 0.3) is 22.2 Å². The molecule has 1 aliphatic heterocycles. The van der Waals surface area contributed by atoms with Gasteiger partial charge in [0, 0.05) is 56.0 Å². The molecule has 1 fully saturated rings. The first kappa shape index (κ1) is 23.6. The predicted molar refractivity (Wildman–Crippen MR) is 143 cm³/mol. The van der Waals surface area contributed by atoms with Crippen molar-refractivity contribution in [1.29, 1.82) is 4.78 Å². The van der Waals surface area contributed by atoms with Crippen LogP contribution in [-0.4, -0.2) is 47.7 Å². The number of aromatic amines is 1. The van der Waals surface area contributed by atoms with Gasteiger partial charge < -0.3 is 15.2 Å². The summed E-state index contributed by atoms with van der Waals surface area (Å²) < 4.78 is 21.0. The molecule has 1 atom stereocenters. The molecule has 4 aromatic rings. The van der Waals surface area contributed by atoms with Gasteiger partial charge in [0.15, 0.2) is 0 Å². The summed E-state index contributed by atoms with van der Waals surface area (Å²) in [6.45, 7) is 5.31. The summed E-state index contributed by atoms with van der Waals surface area (Å²) in [5, 5.41) is 4.53. The van der Waals surface area contributed by atoms with Crippen LogP contribution in [0.15, 0.2) is 55.0 Å². The number of anilines is 3. The van der Waals surface area contributed by atoms with E-state index in [2.05, 4.69) is 30.2 Å². The molecule has 4 heterocycles. The van der Waals surface area contributed by atoms with Gasteiger partial charge >= 0.3 is 0 Å². The number of hydrogen-bond donors (Lipinski definition) is 3. The third-order valence-electron chi connectivity index (χ3n) is 6.58. The highest BCUT2D eigenvalue weighted by Crippen LogP contribution is 2.33. The Hall–Kier alpha value is -3.17. The third-order valence-corrected chi connectivity index (χ3v) is 9.72. The lowest BCUT2D eigenvalue weighted by Crippen LogP contribution is -2.41. The van der Waals surface area contributed by atoms with Crippen molar-refractivity contribution >= 4 is 49.7 Å². The molecular formula is C25H28ClN7OS. The van der Waals surface area contributed by atoms with Crippen LogP contribution in [0, 0.1) is 4.78 Å². The SMILES string of the molecule is CC(C)S(=N)(=O)C1CCN(c2ccc(Nc3ncc(Cl)c(-c4c[nH]c5ccccc45)n3)nc2)CC1. The maximum atomic E-state index is 12.7. The lowest BCUT2D eigenvalue weighted by atomic mass is 10.1. The highest BCUT2D eigenvalue weighted by Gasteiger charge is 2.29. The number of para-hydroxylation sites is 1. The Morgan fingerprint density at radius 3 is 2.63 bits per heavy atom. The van der Waals surface area contributed by atoms with Crippen molar-refractivity contribution in [2.75, 3.05) is 23.3 Å². The van der Waals surface area contributed by atoms with Gasteiger partial charge in [0.05, 0.1) is 28.8 Å². The largest absolute Gasteiger partial charge is 0.370 e. The summed E-state index contributed by atoms with van der Waals surface area (Å²) in [7, 11) is -2.56. The molecule has 3 N–H and O–H groups in total. The molecule has 1 saturated heterocycles. The van der Waals surface area contributed by atoms with Gasteiger partial charge in [0.2, 0.25) is 5.95 Å². The molecule has 8 nitrogen and oxygen atoms in total. The van der Waals surface area contributed by atoms with E-state index in [0.717, 1.165) is 48.1 Å². The molecule has 0 amide bonds. The highest BCUT2D eigenvalue weighted by molar-refractivity contribution is 7.93. The van der Waals surface area contributed by atoms with E-state index >= 15 is 0 Å². The highest BCUT2D eigenvalue weighted by atomic mass is 35.5. The Balaban J connectivity index is 1.29. The average molecular weight is 510 g/mol. The summed E-state index contributed by atoms with van der Waals surface area (Å²) in [6.07, 6.45) is 6.83. The van der Waals surface area contributed by atoms with E-state index in [0.29, 0.717) is 22.5 Å². The van der Waals surface area contributed by atoms with E-state index in [-0.39, 0.29) is 10.5 Å². The number of fused-ring (bicyclic) bond motifs is 1. The van der Waals surface area contributed by atoms with Crippen molar-refractivity contribution in [1.82, 2.24) is 19.9 Å². The predicted octanol–water partition coefficient (Wildman–Crippen LogP) is 5.84. The minimum Gasteiger partial charge on any atom is -0.370 e. The topological polar surface area (TPSA) is 111 Å². The Bertz CT molecular complexity index is 1440. The van der Waals surface area contributed by atoms with Crippen molar-refractivity contribution in [2.24, 2.45) is 0 Å². The number of rotatable bonds is 6. The second-order valence-corrected chi connectivity index (χ2v) is 12.4. The lowest BCUT2D eigenvalue weighted by molar-refractivity contribution is 0.561. The zero-order chi connectivity index (χ0) is 24.6. The van der Waals surface area contributed by atoms with Gasteiger partial charge in [-0.05, 0) is 31.0 Å². The van der Waals surface area contributed by atoms with Crippen molar-refractivity contribution in [3.8, 4) is 11.3 Å². The van der Waals surface area contributed by atoms with Crippen LogP contribution in [-0.2, 0) is 9.73 Å². The number of halogens is 1. The van der Waals surface area contributed by atoms with Gasteiger partial charge in [0.25, 0.3) is 0 Å². The molecule has 3 aromatic heterocycles. The molecule has 0 saturated carbocycles. The summed E-state index contributed by atoms with van der Waals surface area (Å²) in [5.41, 5.74) is 3.58. The van der Waals surface area contributed by atoms with E-state index in [1.165, 1.54) is 0 Å². The van der Waals surface area contributed by atoms with Crippen molar-refractivity contribution in [3.63, 3.8) is 0 Å². The van der Waals surface area contributed by atoms with E-state index in [1.54, 1.807) is 6.20 Å². The van der Waals surface area contributed by atoms with Crippen LogP contribution in [0.3, 0.4) is 0 Å². The molecule has 5 rings (SSSR count). The molecule has 1 aliphatic rings. The van der Waals surface area contributed by atoms with Crippen LogP contribution in [0.4, 0.5) is 17.5 Å². The van der Waals surface area contributed by atoms with Crippen molar-refractivity contribution in [2.45, 2.75) is 37.2 Å². The molecule has 182 valence electrons. The normalized spacial score (nSPS) is 16.5. The Morgan fingerprint density at radius 2 is 1.91 bits per heavy atom. The number of hydrogen-bond acceptors (Lipinski definition) is 7. The number of H-pyrrole nitrogens is 1. The van der Waals surface area contributed by atoms with Gasteiger partial charge in [-0.3, -0.25) is 4.78 Å². The third kappa shape index (κ3) is 4.70. The van der Waals surface area contributed by atoms with Gasteiger partial charge in [0.1, 0.15) is 5.82 Å². The van der Waals surface area contributed by atoms with Gasteiger partial charge in [-0.2, -0.15) is 0 Å². The lowest BCUT2D eigenvalue weighted by Gasteiger charge is -2.35. The zero-order valence-corrected chi connectivity index (χ0v) is 21.2. The van der Waals surface area contributed by atoms with Crippen LogP contribution < -0.4 is 10.2 Å². The smallest absolute Gasteiger partial charge is 0.228 e. The van der Waals surface area contributed by atoms with Crippen molar-refractivity contribution in [3.05, 3.63) is 60.0 Å². The maximum absolute atomic E-state index is 12.7. The second kappa shape index (κ2) is 9.47. The Labute approximate surface area is 210 Å². The molecule has 10 heteroatoms. The summed E-state index contributed by atoms with van der Waals surface area (Å²) in [6, 6.07) is 11.9. The molecule has 0 bridgehead atoms. The molecule has 0 radical (unpaired) electrons. The zero-order valence-electron chi connectivity index (χ0n) is 19.7. The minimum absolute atomic E-state index is 0.0407. The first-order valence-corrected chi connectivity index (χ1v) is 13.7. The first-order chi connectivity index (χ1) is 16.8. The number of nitrogens with zero attached hydrogens (tertiary/aromatic N) is 4. The molecule has 1 unspecified atom stereocenters. The molecule has 1 aromatic carbocycles. The van der Waals surface area contributed by atoms with Crippen LogP contribution in [0.5, 0.6) is 0 Å². The molecule has 0 spiro atoms. The second-order valence-electron chi connectivity index (χ2n) is 9.05. The van der Waals surface area contributed by atoms with Crippen LogP contribution in [0.1, 0.15) is 26.7 Å². The first-order valence-electron chi connectivity index (χ1n) is 11.7. The Morgan fingerprint density at radius 1 is 1.14 bits per heavy atom. The van der Waals surface area contributed by atoms with Gasteiger partial charge in [-0.25, -0.2) is 19.2 Å². The van der Waals surface area contributed by atoms with Gasteiger partial charge in [-0.15, -0.1) is 0 Å². The fourth-order valence-electron chi connectivity index (χ4n) is 4.49. The van der Waals surface area contributed by atoms with E-state index in [1.807, 2.05) is 62.6 Å². The van der Waals surface area contributed by atoms with E-state index < -0.39 is 9.73 Å².